The molecule has 0 unspecified atom stereocenters. The predicted octanol–water partition coefficient (Wildman–Crippen LogP) is 0.377. The molecule has 0 saturated carbocycles. The van der Waals surface area contributed by atoms with Crippen molar-refractivity contribution in [2.75, 3.05) is 0 Å². The van der Waals surface area contributed by atoms with Crippen LogP contribution in [0.25, 0.3) is 0 Å². The fourth-order valence-electron chi connectivity index (χ4n) is 0.580. The van der Waals surface area contributed by atoms with Crippen LogP contribution in [0.5, 0.6) is 0 Å². The lowest BCUT2D eigenvalue weighted by Crippen LogP contribution is -2.16. The Hall–Kier alpha value is -0.700. The van der Waals surface area contributed by atoms with E-state index in [1.54, 1.807) is 18.8 Å². The Bertz CT molecular complexity index is 273. The summed E-state index contributed by atoms with van der Waals surface area (Å²) >= 11 is 5.58. The van der Waals surface area contributed by atoms with E-state index in [-0.39, 0.29) is 5.56 Å². The summed E-state index contributed by atoms with van der Waals surface area (Å²) in [4.78, 5) is 10.7. The molecule has 1 aromatic heterocycles. The summed E-state index contributed by atoms with van der Waals surface area (Å²) in [6.45, 7) is 0. The van der Waals surface area contributed by atoms with Crippen LogP contribution < -0.4 is 5.56 Å². The maximum Gasteiger partial charge on any atom is 0.267 e. The van der Waals surface area contributed by atoms with Crippen molar-refractivity contribution < 1.29 is 0 Å². The van der Waals surface area contributed by atoms with E-state index in [0.717, 1.165) is 0 Å². The lowest BCUT2D eigenvalue weighted by Gasteiger charge is -1.97. The Kier molecular flexibility index (Phi) is 1.37. The summed E-state index contributed by atoms with van der Waals surface area (Å²) in [5.41, 5.74) is -0.0810. The topological polar surface area (TPSA) is 26.9 Å². The summed E-state index contributed by atoms with van der Waals surface area (Å²) in [6.07, 6.45) is 0. The van der Waals surface area contributed by atoms with Crippen LogP contribution in [0.4, 0.5) is 0 Å². The van der Waals surface area contributed by atoms with Gasteiger partial charge in [0.1, 0.15) is 5.15 Å². The zero-order valence-corrected chi connectivity index (χ0v) is 6.01. The molecule has 0 N–H and O–H groups in total. The van der Waals surface area contributed by atoms with Gasteiger partial charge in [-0.05, 0) is 0 Å². The Morgan fingerprint density at radius 2 is 2.00 bits per heavy atom. The highest BCUT2D eigenvalue weighted by atomic mass is 35.5. The van der Waals surface area contributed by atoms with E-state index in [1.807, 2.05) is 0 Å². The molecule has 0 radical (unpaired) electrons. The van der Waals surface area contributed by atoms with Gasteiger partial charge in [-0.15, -0.1) is 0 Å². The smallest absolute Gasteiger partial charge is 0.267 e. The first-order chi connectivity index (χ1) is 4.13. The number of nitrogens with zero attached hydrogens (tertiary/aromatic N) is 2. The third-order valence-corrected chi connectivity index (χ3v) is 1.67. The molecule has 3 nitrogen and oxygen atoms in total. The highest BCUT2D eigenvalue weighted by Gasteiger charge is 1.98. The van der Waals surface area contributed by atoms with Gasteiger partial charge in [0.25, 0.3) is 5.56 Å². The summed E-state index contributed by atoms with van der Waals surface area (Å²) in [6, 6.07) is 1.38. The highest BCUT2D eigenvalue weighted by Crippen LogP contribution is 2.00. The second-order valence-electron chi connectivity index (χ2n) is 1.85. The van der Waals surface area contributed by atoms with Gasteiger partial charge in [0.05, 0.1) is 0 Å². The minimum Gasteiger partial charge on any atom is -0.275 e. The second kappa shape index (κ2) is 1.92. The van der Waals surface area contributed by atoms with Crippen LogP contribution in [-0.2, 0) is 14.1 Å². The van der Waals surface area contributed by atoms with Gasteiger partial charge >= 0.3 is 0 Å². The summed E-state index contributed by atoms with van der Waals surface area (Å²) < 4.78 is 3.01. The van der Waals surface area contributed by atoms with Crippen LogP contribution in [-0.4, -0.2) is 9.36 Å². The van der Waals surface area contributed by atoms with Gasteiger partial charge in [-0.25, -0.2) is 0 Å². The molecule has 1 rings (SSSR count). The molecule has 4 heteroatoms. The largest absolute Gasteiger partial charge is 0.275 e. The van der Waals surface area contributed by atoms with Gasteiger partial charge < -0.3 is 0 Å². The maximum atomic E-state index is 10.7. The average molecular weight is 147 g/mol. The van der Waals surface area contributed by atoms with Crippen molar-refractivity contribution in [2.24, 2.45) is 14.1 Å². The Morgan fingerprint density at radius 3 is 2.11 bits per heavy atom. The quantitative estimate of drug-likeness (QED) is 0.520. The normalized spacial score (nSPS) is 10.1. The van der Waals surface area contributed by atoms with Crippen molar-refractivity contribution >= 4 is 11.6 Å². The van der Waals surface area contributed by atoms with Gasteiger partial charge in [-0.2, -0.15) is 0 Å². The number of rotatable bonds is 0. The molecule has 0 fully saturated rings. The van der Waals surface area contributed by atoms with Crippen molar-refractivity contribution in [2.45, 2.75) is 0 Å². The Balaban J connectivity index is 3.47. The molecule has 0 amide bonds. The molecule has 0 aromatic carbocycles. The van der Waals surface area contributed by atoms with E-state index in [9.17, 15) is 4.79 Å². The van der Waals surface area contributed by atoms with Crippen molar-refractivity contribution in [3.8, 4) is 0 Å². The SMILES string of the molecule is Cn1c(Cl)cc(=O)n1C. The number of hydrogen-bond donors (Lipinski definition) is 0. The zero-order chi connectivity index (χ0) is 7.02. The second-order valence-corrected chi connectivity index (χ2v) is 2.24. The fraction of sp³-hybridized carbons (Fsp3) is 0.400. The first-order valence-corrected chi connectivity index (χ1v) is 2.89. The van der Waals surface area contributed by atoms with Gasteiger partial charge in [0, 0.05) is 20.2 Å². The summed E-state index contributed by atoms with van der Waals surface area (Å²) in [7, 11) is 3.39. The van der Waals surface area contributed by atoms with Gasteiger partial charge in [-0.1, -0.05) is 11.6 Å². The molecule has 1 heterocycles. The molecular formula is C5H7ClN2O. The van der Waals surface area contributed by atoms with Crippen LogP contribution in [0.15, 0.2) is 10.9 Å². The summed E-state index contributed by atoms with van der Waals surface area (Å²) in [5, 5.41) is 0.461. The van der Waals surface area contributed by atoms with Crippen LogP contribution in [0.1, 0.15) is 0 Å². The number of aromatic nitrogens is 2. The molecule has 0 aliphatic heterocycles. The molecule has 0 atom stereocenters. The highest BCUT2D eigenvalue weighted by molar-refractivity contribution is 6.29. The van der Waals surface area contributed by atoms with Crippen LogP contribution in [0.2, 0.25) is 5.15 Å². The predicted molar refractivity (Wildman–Crippen MR) is 35.7 cm³/mol. The minimum absolute atomic E-state index is 0.0810. The minimum atomic E-state index is -0.0810. The summed E-state index contributed by atoms with van der Waals surface area (Å²) in [5.74, 6) is 0. The monoisotopic (exact) mass is 146 g/mol. The fourth-order valence-corrected chi connectivity index (χ4v) is 0.787. The van der Waals surface area contributed by atoms with E-state index in [1.165, 1.54) is 10.7 Å². The Labute approximate surface area is 57.4 Å². The third kappa shape index (κ3) is 0.876. The molecule has 0 aliphatic carbocycles. The molecule has 0 aliphatic rings. The molecule has 50 valence electrons. The molecule has 0 saturated heterocycles. The van der Waals surface area contributed by atoms with Crippen LogP contribution >= 0.6 is 11.6 Å². The third-order valence-electron chi connectivity index (χ3n) is 1.32. The van der Waals surface area contributed by atoms with Crippen molar-refractivity contribution in [1.29, 1.82) is 0 Å². The maximum absolute atomic E-state index is 10.7. The first kappa shape index (κ1) is 6.42. The molecule has 9 heavy (non-hydrogen) atoms. The number of hydrogen-bond acceptors (Lipinski definition) is 1. The molecule has 0 bridgehead atoms. The lowest BCUT2D eigenvalue weighted by molar-refractivity contribution is 0.580. The van der Waals surface area contributed by atoms with E-state index < -0.39 is 0 Å². The average Bonchev–Trinajstić information content (AvgIpc) is 1.98. The van der Waals surface area contributed by atoms with Gasteiger partial charge in [-0.3, -0.25) is 14.2 Å². The standard InChI is InChI=1S/C5H7ClN2O/c1-7-4(6)3-5(9)8(7)2/h3H,1-2H3. The Morgan fingerprint density at radius 1 is 1.44 bits per heavy atom. The van der Waals surface area contributed by atoms with Crippen LogP contribution in [0, 0.1) is 0 Å². The van der Waals surface area contributed by atoms with E-state index in [0.29, 0.717) is 5.15 Å². The van der Waals surface area contributed by atoms with E-state index >= 15 is 0 Å². The lowest BCUT2D eigenvalue weighted by atomic mass is 10.7. The first-order valence-electron chi connectivity index (χ1n) is 2.51. The number of halogens is 1. The van der Waals surface area contributed by atoms with E-state index in [4.69, 9.17) is 11.6 Å². The van der Waals surface area contributed by atoms with Crippen molar-refractivity contribution in [1.82, 2.24) is 9.36 Å². The van der Waals surface area contributed by atoms with Crippen LogP contribution in [0.3, 0.4) is 0 Å². The van der Waals surface area contributed by atoms with Crippen molar-refractivity contribution in [3.63, 3.8) is 0 Å². The zero-order valence-electron chi connectivity index (χ0n) is 5.26. The van der Waals surface area contributed by atoms with E-state index in [2.05, 4.69) is 0 Å². The van der Waals surface area contributed by atoms with Gasteiger partial charge in [0.2, 0.25) is 0 Å². The molecule has 0 spiro atoms. The molecule has 1 aromatic rings. The van der Waals surface area contributed by atoms with Gasteiger partial charge in [0.15, 0.2) is 0 Å². The van der Waals surface area contributed by atoms with Crippen molar-refractivity contribution in [3.05, 3.63) is 21.6 Å². The molecular weight excluding hydrogens is 140 g/mol.